The predicted octanol–water partition coefficient (Wildman–Crippen LogP) is 4.31. The summed E-state index contributed by atoms with van der Waals surface area (Å²) in [5, 5.41) is 7.01. The zero-order chi connectivity index (χ0) is 20.5. The molecule has 2 aromatic rings. The number of piperidine rings is 1. The van der Waals surface area contributed by atoms with Gasteiger partial charge in [-0.2, -0.15) is 0 Å². The quantitative estimate of drug-likeness (QED) is 0.797. The molecule has 0 unspecified atom stereocenters. The molecule has 0 saturated carbocycles. The number of ether oxygens (including phenoxy) is 1. The number of hydrogen-bond acceptors (Lipinski definition) is 3. The molecule has 2 aliphatic heterocycles. The van der Waals surface area contributed by atoms with Gasteiger partial charge in [0, 0.05) is 13.0 Å². The summed E-state index contributed by atoms with van der Waals surface area (Å²) in [7, 11) is 0. The largest absolute Gasteiger partial charge is 0.372 e. The van der Waals surface area contributed by atoms with Gasteiger partial charge in [0.05, 0.1) is 23.8 Å². The molecule has 29 heavy (non-hydrogen) atoms. The summed E-state index contributed by atoms with van der Waals surface area (Å²) < 4.78 is 6.46. The molecule has 0 radical (unpaired) electrons. The number of benzene rings is 2. The first-order chi connectivity index (χ1) is 13.9. The normalized spacial score (nSPS) is 27.8. The van der Waals surface area contributed by atoms with E-state index < -0.39 is 0 Å². The molecular formula is C25H32N2O2. The van der Waals surface area contributed by atoms with Crippen LogP contribution in [0.25, 0.3) is 0 Å². The summed E-state index contributed by atoms with van der Waals surface area (Å²) in [5.41, 5.74) is 4.69. The van der Waals surface area contributed by atoms with Crippen LogP contribution in [-0.4, -0.2) is 24.6 Å². The number of amides is 1. The zero-order valence-electron chi connectivity index (χ0n) is 17.8. The fourth-order valence-corrected chi connectivity index (χ4v) is 4.88. The third-order valence-electron chi connectivity index (χ3n) is 6.65. The van der Waals surface area contributed by atoms with Crippen molar-refractivity contribution in [1.29, 1.82) is 0 Å². The summed E-state index contributed by atoms with van der Waals surface area (Å²) in [6.45, 7) is 7.79. The molecule has 2 fully saturated rings. The third-order valence-corrected chi connectivity index (χ3v) is 6.65. The van der Waals surface area contributed by atoms with Crippen LogP contribution in [0, 0.1) is 13.8 Å². The van der Waals surface area contributed by atoms with Gasteiger partial charge in [-0.3, -0.25) is 4.79 Å². The Labute approximate surface area is 174 Å². The topological polar surface area (TPSA) is 50.4 Å². The van der Waals surface area contributed by atoms with Crippen molar-refractivity contribution in [3.05, 3.63) is 70.8 Å². The third kappa shape index (κ3) is 4.24. The molecule has 1 spiro atoms. The maximum Gasteiger partial charge on any atom is 0.220 e. The smallest absolute Gasteiger partial charge is 0.220 e. The molecule has 1 amide bonds. The molecule has 4 rings (SSSR count). The summed E-state index contributed by atoms with van der Waals surface area (Å²) in [4.78, 5) is 11.8. The van der Waals surface area contributed by atoms with Crippen LogP contribution in [0.4, 0.5) is 0 Å². The van der Waals surface area contributed by atoms with Gasteiger partial charge in [0.15, 0.2) is 0 Å². The van der Waals surface area contributed by atoms with Gasteiger partial charge in [0.25, 0.3) is 0 Å². The van der Waals surface area contributed by atoms with Crippen molar-refractivity contribution in [2.24, 2.45) is 0 Å². The Hall–Kier alpha value is -2.17. The average Bonchev–Trinajstić information content (AvgIpc) is 3.08. The highest BCUT2D eigenvalue weighted by Gasteiger charge is 2.46. The minimum atomic E-state index is -0.229. The number of hydrogen-bond donors (Lipinski definition) is 2. The molecule has 2 heterocycles. The lowest BCUT2D eigenvalue weighted by Gasteiger charge is -2.46. The van der Waals surface area contributed by atoms with Crippen molar-refractivity contribution in [1.82, 2.24) is 10.6 Å². The number of rotatable bonds is 5. The van der Waals surface area contributed by atoms with E-state index in [1.165, 1.54) is 22.3 Å². The minimum absolute atomic E-state index is 0.0260. The van der Waals surface area contributed by atoms with Crippen LogP contribution in [0.5, 0.6) is 0 Å². The molecule has 2 saturated heterocycles. The van der Waals surface area contributed by atoms with Gasteiger partial charge in [-0.25, -0.2) is 0 Å². The van der Waals surface area contributed by atoms with Crippen molar-refractivity contribution >= 4 is 5.91 Å². The zero-order valence-corrected chi connectivity index (χ0v) is 17.8. The fraction of sp³-hybridized carbons (Fsp3) is 0.480. The van der Waals surface area contributed by atoms with Crippen molar-refractivity contribution in [3.8, 4) is 0 Å². The maximum absolute atomic E-state index is 11.8. The highest BCUT2D eigenvalue weighted by molar-refractivity contribution is 5.79. The Bertz CT molecular complexity index is 849. The molecule has 4 heteroatoms. The highest BCUT2D eigenvalue weighted by Crippen LogP contribution is 2.38. The minimum Gasteiger partial charge on any atom is -0.372 e. The molecular weight excluding hydrogens is 360 g/mol. The van der Waals surface area contributed by atoms with Gasteiger partial charge >= 0.3 is 0 Å². The summed E-state index contributed by atoms with van der Waals surface area (Å²) >= 11 is 0. The van der Waals surface area contributed by atoms with Crippen molar-refractivity contribution in [2.75, 3.05) is 13.2 Å². The van der Waals surface area contributed by atoms with Crippen LogP contribution >= 0.6 is 0 Å². The van der Waals surface area contributed by atoms with E-state index in [2.05, 4.69) is 79.9 Å². The first-order valence-corrected chi connectivity index (χ1v) is 10.7. The van der Waals surface area contributed by atoms with Crippen LogP contribution in [0.3, 0.4) is 0 Å². The second-order valence-electron chi connectivity index (χ2n) is 9.00. The van der Waals surface area contributed by atoms with Crippen molar-refractivity contribution in [2.45, 2.75) is 63.6 Å². The van der Waals surface area contributed by atoms with Gasteiger partial charge in [0.2, 0.25) is 5.91 Å². The van der Waals surface area contributed by atoms with E-state index >= 15 is 0 Å². The second kappa shape index (κ2) is 7.92. The van der Waals surface area contributed by atoms with E-state index in [9.17, 15) is 4.79 Å². The molecule has 0 aliphatic carbocycles. The first kappa shape index (κ1) is 20.1. The molecule has 2 aliphatic rings. The average molecular weight is 393 g/mol. The predicted molar refractivity (Wildman–Crippen MR) is 116 cm³/mol. The van der Waals surface area contributed by atoms with Crippen molar-refractivity contribution < 1.29 is 9.53 Å². The second-order valence-corrected chi connectivity index (χ2v) is 9.00. The Balaban J connectivity index is 1.52. The molecule has 154 valence electrons. The van der Waals surface area contributed by atoms with Gasteiger partial charge < -0.3 is 15.4 Å². The summed E-state index contributed by atoms with van der Waals surface area (Å²) in [5.74, 6) is 0.179. The number of carbonyl (C=O) groups excluding carboxylic acids is 1. The maximum atomic E-state index is 11.8. The summed E-state index contributed by atoms with van der Waals surface area (Å²) in [6, 6.07) is 17.2. The van der Waals surface area contributed by atoms with Crippen LogP contribution in [0.15, 0.2) is 48.5 Å². The number of nitrogens with one attached hydrogen (secondary N) is 2. The standard InChI is InChI=1S/C25H32N2O2/c1-18-13-19(2)15-21(14-18)20(3)29-17-25(22-7-5-4-6-8-22)12-11-24(16-26-25)10-9-23(28)27-24/h4-8,13-15,20,26H,9-12,16-17H2,1-3H3,(H,27,28)/t20-,24-,25-/m1/s1. The van der Waals surface area contributed by atoms with E-state index in [1.807, 2.05) is 0 Å². The van der Waals surface area contributed by atoms with Crippen LogP contribution in [-0.2, 0) is 15.1 Å². The lowest BCUT2D eigenvalue weighted by molar-refractivity contribution is -0.120. The van der Waals surface area contributed by atoms with Gasteiger partial charge in [0.1, 0.15) is 0 Å². The van der Waals surface area contributed by atoms with Crippen molar-refractivity contribution in [3.63, 3.8) is 0 Å². The van der Waals surface area contributed by atoms with E-state index in [-0.39, 0.29) is 23.1 Å². The van der Waals surface area contributed by atoms with E-state index in [0.29, 0.717) is 13.0 Å². The monoisotopic (exact) mass is 392 g/mol. The first-order valence-electron chi connectivity index (χ1n) is 10.7. The molecule has 3 atom stereocenters. The van der Waals surface area contributed by atoms with E-state index in [0.717, 1.165) is 25.8 Å². The van der Waals surface area contributed by atoms with Gasteiger partial charge in [-0.05, 0) is 51.2 Å². The fourth-order valence-electron chi connectivity index (χ4n) is 4.88. The molecule has 2 aromatic carbocycles. The Morgan fingerprint density at radius 3 is 2.34 bits per heavy atom. The van der Waals surface area contributed by atoms with Crippen LogP contribution in [0.2, 0.25) is 0 Å². The number of aryl methyl sites for hydroxylation is 2. The molecule has 0 bridgehead atoms. The van der Waals surface area contributed by atoms with Crippen LogP contribution < -0.4 is 10.6 Å². The Kier molecular flexibility index (Phi) is 5.50. The van der Waals surface area contributed by atoms with Crippen LogP contribution in [0.1, 0.15) is 61.0 Å². The lowest BCUT2D eigenvalue weighted by Crippen LogP contribution is -2.61. The van der Waals surface area contributed by atoms with Gasteiger partial charge in [-0.15, -0.1) is 0 Å². The molecule has 2 N–H and O–H groups in total. The SMILES string of the molecule is Cc1cc(C)cc([C@@H](C)OC[C@@]2(c3ccccc3)CC[C@]3(CCC(=O)N3)CN2)c1. The lowest BCUT2D eigenvalue weighted by atomic mass is 9.76. The highest BCUT2D eigenvalue weighted by atomic mass is 16.5. The van der Waals surface area contributed by atoms with E-state index in [4.69, 9.17) is 4.74 Å². The molecule has 0 aromatic heterocycles. The molecule has 4 nitrogen and oxygen atoms in total. The Morgan fingerprint density at radius 1 is 1.03 bits per heavy atom. The number of carbonyl (C=O) groups is 1. The summed E-state index contributed by atoms with van der Waals surface area (Å²) in [6.07, 6.45) is 3.50. The van der Waals surface area contributed by atoms with Gasteiger partial charge in [-0.1, -0.05) is 59.7 Å². The van der Waals surface area contributed by atoms with E-state index in [1.54, 1.807) is 0 Å². The Morgan fingerprint density at radius 2 is 1.76 bits per heavy atom.